The molecule has 3 heteroatoms. The Morgan fingerprint density at radius 2 is 2.21 bits per heavy atom. The minimum Gasteiger partial charge on any atom is -0.496 e. The topological polar surface area (TPSA) is 29.5 Å². The Morgan fingerprint density at radius 3 is 2.84 bits per heavy atom. The van der Waals surface area contributed by atoms with E-state index in [9.17, 15) is 5.11 Å². The van der Waals surface area contributed by atoms with Crippen molar-refractivity contribution in [2.45, 2.75) is 38.2 Å². The summed E-state index contributed by atoms with van der Waals surface area (Å²) >= 11 is 6.03. The molecule has 0 spiro atoms. The molecule has 0 aliphatic heterocycles. The third kappa shape index (κ3) is 2.61. The smallest absolute Gasteiger partial charge is 0.124 e. The molecule has 0 heterocycles. The van der Waals surface area contributed by atoms with Crippen molar-refractivity contribution in [2.24, 2.45) is 17.8 Å². The third-order valence-electron chi connectivity index (χ3n) is 4.96. The molecule has 2 aliphatic rings. The summed E-state index contributed by atoms with van der Waals surface area (Å²) in [6, 6.07) is 5.47. The van der Waals surface area contributed by atoms with E-state index in [1.54, 1.807) is 13.2 Å². The summed E-state index contributed by atoms with van der Waals surface area (Å²) in [6.45, 7) is 0. The summed E-state index contributed by atoms with van der Waals surface area (Å²) in [5.74, 6) is 3.17. The van der Waals surface area contributed by atoms with Crippen molar-refractivity contribution in [2.75, 3.05) is 7.11 Å². The Balaban J connectivity index is 1.73. The van der Waals surface area contributed by atoms with Crippen LogP contribution in [0.5, 0.6) is 5.75 Å². The second kappa shape index (κ2) is 5.34. The lowest BCUT2D eigenvalue weighted by Gasteiger charge is -2.25. The maximum absolute atomic E-state index is 10.5. The lowest BCUT2D eigenvalue weighted by Crippen LogP contribution is -2.14. The Hall–Kier alpha value is -0.730. The van der Waals surface area contributed by atoms with Gasteiger partial charge in [0.05, 0.1) is 13.2 Å². The normalized spacial score (nSPS) is 30.6. The van der Waals surface area contributed by atoms with Gasteiger partial charge >= 0.3 is 0 Å². The molecule has 1 N–H and O–H groups in total. The molecule has 104 valence electrons. The highest BCUT2D eigenvalue weighted by Gasteiger charge is 2.40. The van der Waals surface area contributed by atoms with Crippen LogP contribution in [0.2, 0.25) is 5.02 Å². The maximum atomic E-state index is 10.5. The molecular formula is C16H21ClO2. The number of aliphatic hydroxyl groups is 1. The fraction of sp³-hybridized carbons (Fsp3) is 0.625. The number of hydrogen-bond donors (Lipinski definition) is 1. The zero-order chi connectivity index (χ0) is 13.4. The zero-order valence-corrected chi connectivity index (χ0v) is 12.1. The molecule has 4 unspecified atom stereocenters. The van der Waals surface area contributed by atoms with Gasteiger partial charge in [-0.15, -0.1) is 0 Å². The fourth-order valence-corrected chi connectivity index (χ4v) is 4.23. The molecular weight excluding hydrogens is 260 g/mol. The predicted octanol–water partition coefficient (Wildman–Crippen LogP) is 4.21. The predicted molar refractivity (Wildman–Crippen MR) is 76.5 cm³/mol. The molecule has 2 bridgehead atoms. The molecule has 4 atom stereocenters. The monoisotopic (exact) mass is 280 g/mol. The largest absolute Gasteiger partial charge is 0.496 e. The molecule has 2 fully saturated rings. The van der Waals surface area contributed by atoms with E-state index in [0.29, 0.717) is 10.9 Å². The minimum absolute atomic E-state index is 0.460. The van der Waals surface area contributed by atoms with Gasteiger partial charge in [-0.2, -0.15) is 0 Å². The van der Waals surface area contributed by atoms with Crippen LogP contribution < -0.4 is 4.74 Å². The van der Waals surface area contributed by atoms with Crippen LogP contribution in [0, 0.1) is 17.8 Å². The molecule has 0 saturated heterocycles. The molecule has 2 aliphatic carbocycles. The van der Waals surface area contributed by atoms with Gasteiger partial charge in [0, 0.05) is 10.6 Å². The van der Waals surface area contributed by atoms with Gasteiger partial charge in [-0.05, 0) is 61.6 Å². The first-order valence-electron chi connectivity index (χ1n) is 7.19. The summed E-state index contributed by atoms with van der Waals surface area (Å²) in [7, 11) is 1.64. The SMILES string of the molecule is COc1ccc(Cl)cc1C(O)CC1CC2CCC1C2. The maximum Gasteiger partial charge on any atom is 0.124 e. The van der Waals surface area contributed by atoms with Crippen molar-refractivity contribution in [3.05, 3.63) is 28.8 Å². The van der Waals surface area contributed by atoms with E-state index in [1.807, 2.05) is 12.1 Å². The van der Waals surface area contributed by atoms with Gasteiger partial charge in [-0.25, -0.2) is 0 Å². The molecule has 0 amide bonds. The van der Waals surface area contributed by atoms with Gasteiger partial charge in [0.1, 0.15) is 5.75 Å². The van der Waals surface area contributed by atoms with E-state index in [0.717, 1.165) is 29.6 Å². The van der Waals surface area contributed by atoms with Crippen LogP contribution >= 0.6 is 11.6 Å². The molecule has 3 rings (SSSR count). The van der Waals surface area contributed by atoms with E-state index < -0.39 is 6.10 Å². The van der Waals surface area contributed by atoms with Gasteiger partial charge in [0.25, 0.3) is 0 Å². The van der Waals surface area contributed by atoms with Crippen LogP contribution in [0.1, 0.15) is 43.8 Å². The lowest BCUT2D eigenvalue weighted by atomic mass is 9.83. The van der Waals surface area contributed by atoms with Gasteiger partial charge in [-0.3, -0.25) is 0 Å². The number of methoxy groups -OCH3 is 1. The molecule has 2 nitrogen and oxygen atoms in total. The van der Waals surface area contributed by atoms with Crippen molar-refractivity contribution in [3.63, 3.8) is 0 Å². The minimum atomic E-state index is -0.460. The highest BCUT2D eigenvalue weighted by Crippen LogP contribution is 2.51. The molecule has 2 saturated carbocycles. The quantitative estimate of drug-likeness (QED) is 0.895. The van der Waals surface area contributed by atoms with Crippen LogP contribution in [0.3, 0.4) is 0 Å². The first-order valence-corrected chi connectivity index (χ1v) is 7.56. The number of halogens is 1. The van der Waals surface area contributed by atoms with E-state index in [4.69, 9.17) is 16.3 Å². The summed E-state index contributed by atoms with van der Waals surface area (Å²) in [5, 5.41) is 11.2. The molecule has 19 heavy (non-hydrogen) atoms. The summed E-state index contributed by atoms with van der Waals surface area (Å²) < 4.78 is 5.33. The number of hydrogen-bond acceptors (Lipinski definition) is 2. The van der Waals surface area contributed by atoms with Crippen LogP contribution in [0.15, 0.2) is 18.2 Å². The second-order valence-corrected chi connectivity index (χ2v) is 6.51. The molecule has 0 radical (unpaired) electrons. The number of benzene rings is 1. The number of aliphatic hydroxyl groups excluding tert-OH is 1. The van der Waals surface area contributed by atoms with Crippen molar-refractivity contribution in [1.82, 2.24) is 0 Å². The average Bonchev–Trinajstić information content (AvgIpc) is 3.01. The first kappa shape index (κ1) is 13.3. The van der Waals surface area contributed by atoms with E-state index >= 15 is 0 Å². The van der Waals surface area contributed by atoms with Crippen molar-refractivity contribution in [3.8, 4) is 5.75 Å². The molecule has 1 aromatic rings. The Bertz CT molecular complexity index is 460. The van der Waals surface area contributed by atoms with E-state index in [2.05, 4.69) is 0 Å². The Labute approximate surface area is 119 Å². The number of fused-ring (bicyclic) bond motifs is 2. The summed E-state index contributed by atoms with van der Waals surface area (Å²) in [6.07, 6.45) is 5.82. The van der Waals surface area contributed by atoms with Crippen molar-refractivity contribution >= 4 is 11.6 Å². The highest BCUT2D eigenvalue weighted by atomic mass is 35.5. The fourth-order valence-electron chi connectivity index (χ4n) is 4.04. The number of rotatable bonds is 4. The van der Waals surface area contributed by atoms with E-state index in [-0.39, 0.29) is 0 Å². The van der Waals surface area contributed by atoms with Crippen LogP contribution in [0.4, 0.5) is 0 Å². The van der Waals surface area contributed by atoms with Crippen molar-refractivity contribution in [1.29, 1.82) is 0 Å². The van der Waals surface area contributed by atoms with Crippen molar-refractivity contribution < 1.29 is 9.84 Å². The third-order valence-corrected chi connectivity index (χ3v) is 5.20. The van der Waals surface area contributed by atoms with Gasteiger partial charge in [0.15, 0.2) is 0 Å². The average molecular weight is 281 g/mol. The molecule has 1 aromatic carbocycles. The van der Waals surface area contributed by atoms with E-state index in [1.165, 1.54) is 25.7 Å². The first-order chi connectivity index (χ1) is 9.17. The number of ether oxygens (including phenoxy) is 1. The van der Waals surface area contributed by atoms with Gasteiger partial charge in [0.2, 0.25) is 0 Å². The highest BCUT2D eigenvalue weighted by molar-refractivity contribution is 6.30. The summed E-state index contributed by atoms with van der Waals surface area (Å²) in [4.78, 5) is 0. The summed E-state index contributed by atoms with van der Waals surface area (Å²) in [5.41, 5.74) is 0.831. The van der Waals surface area contributed by atoms with Crippen LogP contribution in [0.25, 0.3) is 0 Å². The van der Waals surface area contributed by atoms with Crippen LogP contribution in [-0.2, 0) is 0 Å². The zero-order valence-electron chi connectivity index (χ0n) is 11.3. The van der Waals surface area contributed by atoms with Gasteiger partial charge < -0.3 is 9.84 Å². The van der Waals surface area contributed by atoms with Crippen LogP contribution in [-0.4, -0.2) is 12.2 Å². The molecule has 0 aromatic heterocycles. The Morgan fingerprint density at radius 1 is 1.37 bits per heavy atom. The Kier molecular flexibility index (Phi) is 3.72. The standard InChI is InChI=1S/C16H21ClO2/c1-19-16-5-4-13(17)9-14(16)15(18)8-12-7-10-2-3-11(12)6-10/h4-5,9-12,15,18H,2-3,6-8H2,1H3. The van der Waals surface area contributed by atoms with Gasteiger partial charge in [-0.1, -0.05) is 18.0 Å². The lowest BCUT2D eigenvalue weighted by molar-refractivity contribution is 0.123. The second-order valence-electron chi connectivity index (χ2n) is 6.07.